The summed E-state index contributed by atoms with van der Waals surface area (Å²) in [4.78, 5) is 15.5. The van der Waals surface area contributed by atoms with E-state index in [9.17, 15) is 0 Å². The fourth-order valence-corrected chi connectivity index (χ4v) is 1.91. The summed E-state index contributed by atoms with van der Waals surface area (Å²) in [6, 6.07) is 0. The molecule has 1 aromatic rings. The number of aromatic nitrogens is 2. The lowest BCUT2D eigenvalue weighted by atomic mass is 10.2. The molecular formula is C12H15N4OS-. The van der Waals surface area contributed by atoms with Gasteiger partial charge in [-0.2, -0.15) is 4.91 Å². The van der Waals surface area contributed by atoms with Crippen LogP contribution in [-0.2, 0) is 19.2 Å². The maximum Gasteiger partial charge on any atom is 0.162 e. The van der Waals surface area contributed by atoms with Crippen molar-refractivity contribution in [2.24, 2.45) is 4.99 Å². The zero-order valence-corrected chi connectivity index (χ0v) is 11.2. The monoisotopic (exact) mass is 263 g/mol. The zero-order chi connectivity index (χ0) is 13.1. The Bertz CT molecular complexity index is 513. The van der Waals surface area contributed by atoms with Gasteiger partial charge in [0.25, 0.3) is 0 Å². The van der Waals surface area contributed by atoms with E-state index in [4.69, 9.17) is 17.7 Å². The number of hydrogen-bond acceptors (Lipinski definition) is 6. The van der Waals surface area contributed by atoms with Gasteiger partial charge < -0.3 is 22.6 Å². The molecule has 0 atom stereocenters. The van der Waals surface area contributed by atoms with E-state index in [-0.39, 0.29) is 6.61 Å². The Hall–Kier alpha value is -1.53. The Morgan fingerprint density at radius 2 is 2.33 bits per heavy atom. The van der Waals surface area contributed by atoms with Gasteiger partial charge in [-0.05, 0) is 26.0 Å². The number of aliphatic hydroxyl groups is 1. The molecule has 0 saturated carbocycles. The molecule has 5 nitrogen and oxygen atoms in total. The standard InChI is InChI=1S/C12H16N4OS/c1-8(11(18)3-4-17)16-6-10-5-13-9(2)15-12(10)14-7-16/h5,7,17-18H,3-4,6H2,1-2H3/p-1/b11-8-. The van der Waals surface area contributed by atoms with Crippen molar-refractivity contribution in [3.8, 4) is 0 Å². The van der Waals surface area contributed by atoms with Crippen LogP contribution in [0.25, 0.3) is 0 Å². The van der Waals surface area contributed by atoms with Crippen LogP contribution < -0.4 is 0 Å². The van der Waals surface area contributed by atoms with Crippen LogP contribution in [0.4, 0.5) is 5.82 Å². The van der Waals surface area contributed by atoms with E-state index in [1.165, 1.54) is 0 Å². The third-order valence-electron chi connectivity index (χ3n) is 2.80. The predicted octanol–water partition coefficient (Wildman–Crippen LogP) is 1.42. The van der Waals surface area contributed by atoms with E-state index in [1.54, 1.807) is 12.5 Å². The Morgan fingerprint density at radius 3 is 3.06 bits per heavy atom. The summed E-state index contributed by atoms with van der Waals surface area (Å²) < 4.78 is 0. The third-order valence-corrected chi connectivity index (χ3v) is 3.29. The van der Waals surface area contributed by atoms with Gasteiger partial charge in [-0.1, -0.05) is 0 Å². The van der Waals surface area contributed by atoms with Crippen LogP contribution in [0.5, 0.6) is 0 Å². The molecule has 1 aliphatic heterocycles. The number of hydrogen-bond donors (Lipinski definition) is 1. The number of rotatable bonds is 3. The van der Waals surface area contributed by atoms with Crippen LogP contribution in [0, 0.1) is 6.92 Å². The number of aliphatic imine (C=N–C) groups is 1. The number of fused-ring (bicyclic) bond motifs is 1. The van der Waals surface area contributed by atoms with Gasteiger partial charge in [0.2, 0.25) is 0 Å². The van der Waals surface area contributed by atoms with Gasteiger partial charge in [0, 0.05) is 18.4 Å². The minimum absolute atomic E-state index is 0.0695. The SMILES string of the molecule is C/C(=C(/[S-])CCO)N1C=Nc2nc(C)ncc2C1. The maximum absolute atomic E-state index is 8.90. The van der Waals surface area contributed by atoms with Crippen molar-refractivity contribution in [1.29, 1.82) is 0 Å². The van der Waals surface area contributed by atoms with Gasteiger partial charge in [0.15, 0.2) is 5.82 Å². The summed E-state index contributed by atoms with van der Waals surface area (Å²) in [6.07, 6.45) is 4.03. The van der Waals surface area contributed by atoms with Gasteiger partial charge in [-0.3, -0.25) is 0 Å². The summed E-state index contributed by atoms with van der Waals surface area (Å²) in [7, 11) is 0. The molecule has 0 bridgehead atoms. The molecule has 0 unspecified atom stereocenters. The molecule has 1 aliphatic rings. The van der Waals surface area contributed by atoms with Crippen LogP contribution in [0.2, 0.25) is 0 Å². The molecular weight excluding hydrogens is 248 g/mol. The molecule has 1 N–H and O–H groups in total. The normalized spacial score (nSPS) is 15.4. The van der Waals surface area contributed by atoms with Crippen LogP contribution in [0.15, 0.2) is 21.8 Å². The Balaban J connectivity index is 2.23. The summed E-state index contributed by atoms with van der Waals surface area (Å²) in [5.41, 5.74) is 1.92. The van der Waals surface area contributed by atoms with Crippen LogP contribution in [0.1, 0.15) is 24.7 Å². The number of nitrogens with zero attached hydrogens (tertiary/aromatic N) is 4. The molecule has 0 spiro atoms. The minimum atomic E-state index is 0.0695. The molecule has 0 aliphatic carbocycles. The maximum atomic E-state index is 8.90. The molecule has 6 heteroatoms. The van der Waals surface area contributed by atoms with Crippen molar-refractivity contribution in [3.05, 3.63) is 28.2 Å². The quantitative estimate of drug-likeness (QED) is 0.836. The lowest BCUT2D eigenvalue weighted by Crippen LogP contribution is -2.23. The molecule has 0 amide bonds. The summed E-state index contributed by atoms with van der Waals surface area (Å²) in [6.45, 7) is 4.51. The first kappa shape index (κ1) is 12.9. The van der Waals surface area contributed by atoms with Crippen LogP contribution >= 0.6 is 0 Å². The largest absolute Gasteiger partial charge is 0.782 e. The van der Waals surface area contributed by atoms with Crippen molar-refractivity contribution in [1.82, 2.24) is 14.9 Å². The molecule has 18 heavy (non-hydrogen) atoms. The number of aryl methyl sites for hydroxylation is 1. The second-order valence-electron chi connectivity index (χ2n) is 4.12. The van der Waals surface area contributed by atoms with Crippen LogP contribution in [-0.4, -0.2) is 32.9 Å². The van der Waals surface area contributed by atoms with E-state index in [2.05, 4.69) is 15.0 Å². The molecule has 0 aromatic carbocycles. The Kier molecular flexibility index (Phi) is 3.88. The smallest absolute Gasteiger partial charge is 0.162 e. The van der Waals surface area contributed by atoms with Crippen molar-refractivity contribution < 1.29 is 5.11 Å². The van der Waals surface area contributed by atoms with E-state index < -0.39 is 0 Å². The molecule has 2 rings (SSSR count). The first-order valence-corrected chi connectivity index (χ1v) is 6.13. The van der Waals surface area contributed by atoms with E-state index in [0.717, 1.165) is 27.8 Å². The average Bonchev–Trinajstić information content (AvgIpc) is 2.37. The second-order valence-corrected chi connectivity index (χ2v) is 4.61. The Labute approximate surface area is 112 Å². The van der Waals surface area contributed by atoms with E-state index in [0.29, 0.717) is 13.0 Å². The lowest BCUT2D eigenvalue weighted by molar-refractivity contribution is 0.300. The van der Waals surface area contributed by atoms with Crippen molar-refractivity contribution in [3.63, 3.8) is 0 Å². The van der Waals surface area contributed by atoms with Gasteiger partial charge in [0.1, 0.15) is 5.82 Å². The van der Waals surface area contributed by atoms with Crippen molar-refractivity contribution >= 4 is 24.8 Å². The lowest BCUT2D eigenvalue weighted by Gasteiger charge is -2.29. The van der Waals surface area contributed by atoms with Crippen molar-refractivity contribution in [2.75, 3.05) is 6.61 Å². The fourth-order valence-electron chi connectivity index (χ4n) is 1.70. The number of allylic oxidation sites excluding steroid dienone is 1. The topological polar surface area (TPSA) is 61.6 Å². The highest BCUT2D eigenvalue weighted by Gasteiger charge is 2.14. The van der Waals surface area contributed by atoms with Gasteiger partial charge in [-0.25, -0.2) is 15.0 Å². The third kappa shape index (κ3) is 2.65. The summed E-state index contributed by atoms with van der Waals surface area (Å²) in [5.74, 6) is 1.44. The highest BCUT2D eigenvalue weighted by molar-refractivity contribution is 7.63. The van der Waals surface area contributed by atoms with E-state index >= 15 is 0 Å². The number of aliphatic hydroxyl groups excluding tert-OH is 1. The molecule has 96 valence electrons. The van der Waals surface area contributed by atoms with E-state index in [1.807, 2.05) is 18.7 Å². The van der Waals surface area contributed by atoms with Crippen molar-refractivity contribution in [2.45, 2.75) is 26.8 Å². The summed E-state index contributed by atoms with van der Waals surface area (Å²) in [5, 5.41) is 8.90. The second kappa shape index (κ2) is 5.41. The first-order valence-electron chi connectivity index (χ1n) is 5.72. The first-order chi connectivity index (χ1) is 8.61. The van der Waals surface area contributed by atoms with Gasteiger partial charge >= 0.3 is 0 Å². The molecule has 2 heterocycles. The molecule has 1 aromatic heterocycles. The predicted molar refractivity (Wildman–Crippen MR) is 72.2 cm³/mol. The Morgan fingerprint density at radius 1 is 1.56 bits per heavy atom. The van der Waals surface area contributed by atoms with Gasteiger partial charge in [-0.15, -0.1) is 0 Å². The van der Waals surface area contributed by atoms with Gasteiger partial charge in [0.05, 0.1) is 12.9 Å². The highest BCUT2D eigenvalue weighted by atomic mass is 32.1. The molecule has 0 saturated heterocycles. The highest BCUT2D eigenvalue weighted by Crippen LogP contribution is 2.24. The fraction of sp³-hybridized carbons (Fsp3) is 0.417. The minimum Gasteiger partial charge on any atom is -0.782 e. The van der Waals surface area contributed by atoms with Crippen LogP contribution in [0.3, 0.4) is 0 Å². The zero-order valence-electron chi connectivity index (χ0n) is 10.4. The summed E-state index contributed by atoms with van der Waals surface area (Å²) >= 11 is 5.24. The average molecular weight is 263 g/mol. The molecule has 0 radical (unpaired) electrons. The molecule has 0 fully saturated rings.